The molecule has 3 rings (SSSR count). The Balaban J connectivity index is 1.85. The maximum Gasteiger partial charge on any atom is 0.338 e. The molecule has 7 heteroatoms. The summed E-state index contributed by atoms with van der Waals surface area (Å²) in [5.41, 5.74) is 1.89. The highest BCUT2D eigenvalue weighted by atomic mass is 16.5. The number of anilines is 1. The summed E-state index contributed by atoms with van der Waals surface area (Å²) in [5, 5.41) is 0. The van der Waals surface area contributed by atoms with Gasteiger partial charge in [-0.05, 0) is 23.8 Å². The van der Waals surface area contributed by atoms with E-state index >= 15 is 0 Å². The molecule has 1 aliphatic rings. The summed E-state index contributed by atoms with van der Waals surface area (Å²) in [6.45, 7) is 2.91. The first-order chi connectivity index (χ1) is 11.8. The van der Waals surface area contributed by atoms with Crippen LogP contribution in [-0.2, 0) is 14.3 Å². The quantitative estimate of drug-likeness (QED) is 0.621. The van der Waals surface area contributed by atoms with E-state index in [-0.39, 0.29) is 0 Å². The summed E-state index contributed by atoms with van der Waals surface area (Å²) in [4.78, 5) is 26.9. The Bertz CT molecular complexity index is 710. The van der Waals surface area contributed by atoms with Crippen molar-refractivity contribution in [3.05, 3.63) is 48.0 Å². The summed E-state index contributed by atoms with van der Waals surface area (Å²) >= 11 is 0. The number of carbonyl (C=O) groups is 1. The lowest BCUT2D eigenvalue weighted by Crippen LogP contribution is -2.37. The lowest BCUT2D eigenvalue weighted by molar-refractivity contribution is -0.133. The van der Waals surface area contributed by atoms with Gasteiger partial charge in [0.05, 0.1) is 25.9 Å². The molecule has 2 aromatic heterocycles. The zero-order chi connectivity index (χ0) is 16.8. The van der Waals surface area contributed by atoms with Crippen molar-refractivity contribution in [1.82, 2.24) is 15.0 Å². The largest absolute Gasteiger partial charge is 0.465 e. The zero-order valence-electron chi connectivity index (χ0n) is 13.4. The Morgan fingerprint density at radius 1 is 1.21 bits per heavy atom. The van der Waals surface area contributed by atoms with Crippen LogP contribution in [0.3, 0.4) is 0 Å². The van der Waals surface area contributed by atoms with Gasteiger partial charge in [0.2, 0.25) is 5.95 Å². The molecule has 0 saturated carbocycles. The molecule has 1 aliphatic heterocycles. The monoisotopic (exact) mass is 326 g/mol. The van der Waals surface area contributed by atoms with E-state index in [0.717, 1.165) is 24.2 Å². The Hall–Kier alpha value is -2.80. The van der Waals surface area contributed by atoms with Crippen LogP contribution in [0.4, 0.5) is 5.95 Å². The molecule has 0 aromatic carbocycles. The summed E-state index contributed by atoms with van der Waals surface area (Å²) in [6, 6.07) is 3.51. The molecule has 0 N–H and O–H groups in total. The fourth-order valence-corrected chi connectivity index (χ4v) is 2.40. The van der Waals surface area contributed by atoms with Crippen LogP contribution < -0.4 is 4.90 Å². The summed E-state index contributed by atoms with van der Waals surface area (Å²) in [7, 11) is 1.36. The number of morpholine rings is 1. The number of hydrogen-bond acceptors (Lipinski definition) is 7. The number of methoxy groups -OCH3 is 1. The number of rotatable bonds is 4. The van der Waals surface area contributed by atoms with Crippen molar-refractivity contribution >= 4 is 23.6 Å². The van der Waals surface area contributed by atoms with Gasteiger partial charge in [0.25, 0.3) is 0 Å². The highest BCUT2D eigenvalue weighted by molar-refractivity contribution is 6.21. The fraction of sp³-hybridized carbons (Fsp3) is 0.294. The predicted molar refractivity (Wildman–Crippen MR) is 89.2 cm³/mol. The highest BCUT2D eigenvalue weighted by Gasteiger charge is 2.15. The van der Waals surface area contributed by atoms with Crippen LogP contribution in [0.5, 0.6) is 0 Å². The molecule has 0 unspecified atom stereocenters. The first-order valence-corrected chi connectivity index (χ1v) is 7.63. The van der Waals surface area contributed by atoms with Crippen LogP contribution in [0.1, 0.15) is 11.1 Å². The van der Waals surface area contributed by atoms with E-state index in [1.54, 1.807) is 43.0 Å². The van der Waals surface area contributed by atoms with Gasteiger partial charge in [-0.25, -0.2) is 14.8 Å². The molecular formula is C17H18N4O3. The molecule has 0 radical (unpaired) electrons. The minimum atomic E-state index is -0.418. The summed E-state index contributed by atoms with van der Waals surface area (Å²) in [6.07, 6.45) is 8.36. The van der Waals surface area contributed by atoms with Crippen LogP contribution in [0.15, 0.2) is 36.9 Å². The van der Waals surface area contributed by atoms with E-state index in [1.165, 1.54) is 7.11 Å². The molecule has 24 heavy (non-hydrogen) atoms. The smallest absolute Gasteiger partial charge is 0.338 e. The van der Waals surface area contributed by atoms with Crippen LogP contribution in [0, 0.1) is 0 Å². The standard InChI is InChI=1S/C17H18N4O3/c1-23-16(22)15(14-2-4-18-5-3-14)10-13-11-19-17(20-12-13)21-6-8-24-9-7-21/h2-5,10-12H,6-9H2,1H3/b15-10+. The molecule has 1 saturated heterocycles. The van der Waals surface area contributed by atoms with E-state index in [1.807, 2.05) is 0 Å². The Labute approximate surface area is 140 Å². The third kappa shape index (κ3) is 3.75. The van der Waals surface area contributed by atoms with Crippen molar-refractivity contribution < 1.29 is 14.3 Å². The molecule has 0 aliphatic carbocycles. The Kier molecular flexibility index (Phi) is 5.12. The zero-order valence-corrected chi connectivity index (χ0v) is 13.4. The maximum atomic E-state index is 12.1. The first-order valence-electron chi connectivity index (χ1n) is 7.63. The number of pyridine rings is 1. The van der Waals surface area contributed by atoms with E-state index in [0.29, 0.717) is 24.7 Å². The number of hydrogen-bond donors (Lipinski definition) is 0. The average molecular weight is 326 g/mol. The second kappa shape index (κ2) is 7.65. The number of carbonyl (C=O) groups excluding carboxylic acids is 1. The van der Waals surface area contributed by atoms with Gasteiger partial charge in [-0.1, -0.05) is 0 Å². The molecule has 0 spiro atoms. The molecule has 0 amide bonds. The molecule has 1 fully saturated rings. The second-order valence-electron chi connectivity index (χ2n) is 5.20. The van der Waals surface area contributed by atoms with Crippen LogP contribution in [0.25, 0.3) is 11.6 Å². The predicted octanol–water partition coefficient (Wildman–Crippen LogP) is 1.42. The van der Waals surface area contributed by atoms with Gasteiger partial charge < -0.3 is 14.4 Å². The fourth-order valence-electron chi connectivity index (χ4n) is 2.40. The van der Waals surface area contributed by atoms with Crippen molar-refractivity contribution in [3.8, 4) is 0 Å². The van der Waals surface area contributed by atoms with E-state index in [9.17, 15) is 4.79 Å². The Morgan fingerprint density at radius 2 is 1.88 bits per heavy atom. The first kappa shape index (κ1) is 16.1. The number of esters is 1. The highest BCUT2D eigenvalue weighted by Crippen LogP contribution is 2.19. The van der Waals surface area contributed by atoms with Crippen molar-refractivity contribution in [2.75, 3.05) is 38.3 Å². The summed E-state index contributed by atoms with van der Waals surface area (Å²) < 4.78 is 10.2. The van der Waals surface area contributed by atoms with Gasteiger partial charge in [0.1, 0.15) is 0 Å². The SMILES string of the molecule is COC(=O)/C(=C/c1cnc(N2CCOCC2)nc1)c1ccncc1. The van der Waals surface area contributed by atoms with Gasteiger partial charge >= 0.3 is 5.97 Å². The van der Waals surface area contributed by atoms with E-state index < -0.39 is 5.97 Å². The van der Waals surface area contributed by atoms with Crippen molar-refractivity contribution in [2.45, 2.75) is 0 Å². The van der Waals surface area contributed by atoms with Gasteiger partial charge in [0.15, 0.2) is 0 Å². The second-order valence-corrected chi connectivity index (χ2v) is 5.20. The molecule has 2 aromatic rings. The normalized spacial score (nSPS) is 15.2. The van der Waals surface area contributed by atoms with Crippen molar-refractivity contribution in [1.29, 1.82) is 0 Å². The minimum absolute atomic E-state index is 0.418. The number of ether oxygens (including phenoxy) is 2. The third-order valence-corrected chi connectivity index (χ3v) is 3.66. The number of aromatic nitrogens is 3. The minimum Gasteiger partial charge on any atom is -0.465 e. The van der Waals surface area contributed by atoms with Crippen LogP contribution in [-0.4, -0.2) is 54.3 Å². The maximum absolute atomic E-state index is 12.1. The van der Waals surface area contributed by atoms with Gasteiger partial charge in [-0.3, -0.25) is 4.98 Å². The van der Waals surface area contributed by atoms with E-state index in [4.69, 9.17) is 9.47 Å². The molecule has 0 atom stereocenters. The molecule has 0 bridgehead atoms. The molecule has 7 nitrogen and oxygen atoms in total. The average Bonchev–Trinajstić information content (AvgIpc) is 2.67. The molecule has 3 heterocycles. The van der Waals surface area contributed by atoms with E-state index in [2.05, 4.69) is 19.9 Å². The summed E-state index contributed by atoms with van der Waals surface area (Å²) in [5.74, 6) is 0.248. The van der Waals surface area contributed by atoms with Crippen LogP contribution >= 0.6 is 0 Å². The van der Waals surface area contributed by atoms with Gasteiger partial charge in [0, 0.05) is 43.4 Å². The lowest BCUT2D eigenvalue weighted by atomic mass is 10.1. The van der Waals surface area contributed by atoms with Gasteiger partial charge in [-0.2, -0.15) is 0 Å². The molecule has 124 valence electrons. The van der Waals surface area contributed by atoms with Gasteiger partial charge in [-0.15, -0.1) is 0 Å². The molecular weight excluding hydrogens is 308 g/mol. The lowest BCUT2D eigenvalue weighted by Gasteiger charge is -2.26. The van der Waals surface area contributed by atoms with Crippen LogP contribution in [0.2, 0.25) is 0 Å². The number of nitrogens with zero attached hydrogens (tertiary/aromatic N) is 4. The van der Waals surface area contributed by atoms with Crippen molar-refractivity contribution in [3.63, 3.8) is 0 Å². The van der Waals surface area contributed by atoms with Crippen molar-refractivity contribution in [2.24, 2.45) is 0 Å². The Morgan fingerprint density at radius 3 is 2.50 bits per heavy atom. The topological polar surface area (TPSA) is 77.4 Å². The third-order valence-electron chi connectivity index (χ3n) is 3.66.